The quantitative estimate of drug-likeness (QED) is 0.720. The lowest BCUT2D eigenvalue weighted by atomic mass is 10.1. The minimum atomic E-state index is -1.05. The molecule has 0 aliphatic carbocycles. The van der Waals surface area contributed by atoms with E-state index in [1.54, 1.807) is 7.05 Å². The lowest BCUT2D eigenvalue weighted by molar-refractivity contribution is -0.139. The Labute approximate surface area is 108 Å². The van der Waals surface area contributed by atoms with E-state index in [-0.39, 0.29) is 18.5 Å². The van der Waals surface area contributed by atoms with Gasteiger partial charge in [-0.2, -0.15) is 0 Å². The first-order chi connectivity index (χ1) is 8.31. The van der Waals surface area contributed by atoms with Crippen molar-refractivity contribution in [3.8, 4) is 0 Å². The number of carboxylic acids is 1. The molecule has 2 atom stereocenters. The van der Waals surface area contributed by atoms with Gasteiger partial charge in [-0.05, 0) is 12.8 Å². The molecule has 2 unspecified atom stereocenters. The Morgan fingerprint density at radius 3 is 2.28 bits per heavy atom. The third-order valence-corrected chi connectivity index (χ3v) is 3.10. The average Bonchev–Trinajstić information content (AvgIpc) is 2.31. The Kier molecular flexibility index (Phi) is 7.35. The second-order valence-electron chi connectivity index (χ2n) is 4.72. The summed E-state index contributed by atoms with van der Waals surface area (Å²) >= 11 is 0. The van der Waals surface area contributed by atoms with E-state index in [9.17, 15) is 9.59 Å². The number of rotatable bonds is 7. The number of aliphatic carboxylic acids is 1. The van der Waals surface area contributed by atoms with Gasteiger partial charge in [0.2, 0.25) is 0 Å². The normalized spacial score (nSPS) is 14.1. The molecule has 0 bridgehead atoms. The average molecular weight is 260 g/mol. The molecule has 0 aromatic carbocycles. The zero-order valence-corrected chi connectivity index (χ0v) is 11.8. The number of ether oxygens (including phenoxy) is 1. The van der Waals surface area contributed by atoms with Crippen LogP contribution < -0.4 is 5.32 Å². The summed E-state index contributed by atoms with van der Waals surface area (Å²) in [7, 11) is 3.16. The van der Waals surface area contributed by atoms with Crippen LogP contribution in [0.25, 0.3) is 0 Å². The Bertz CT molecular complexity index is 281. The third-order valence-electron chi connectivity index (χ3n) is 3.10. The molecule has 2 N–H and O–H groups in total. The lowest BCUT2D eigenvalue weighted by Gasteiger charge is -2.29. The Morgan fingerprint density at radius 2 is 1.89 bits per heavy atom. The van der Waals surface area contributed by atoms with Gasteiger partial charge in [-0.15, -0.1) is 0 Å². The van der Waals surface area contributed by atoms with E-state index in [0.717, 1.165) is 0 Å². The van der Waals surface area contributed by atoms with Gasteiger partial charge < -0.3 is 20.1 Å². The predicted octanol–water partition coefficient (Wildman–Crippen LogP) is 1.16. The highest BCUT2D eigenvalue weighted by molar-refractivity contribution is 5.82. The summed E-state index contributed by atoms with van der Waals surface area (Å²) in [6.07, 6.45) is 0.251. The van der Waals surface area contributed by atoms with Gasteiger partial charge in [0.05, 0.1) is 0 Å². The maximum atomic E-state index is 11.9. The van der Waals surface area contributed by atoms with Crippen LogP contribution in [0.4, 0.5) is 4.79 Å². The van der Waals surface area contributed by atoms with Crippen LogP contribution in [0.1, 0.15) is 27.2 Å². The van der Waals surface area contributed by atoms with E-state index in [1.165, 1.54) is 12.0 Å². The first-order valence-electron chi connectivity index (χ1n) is 6.06. The summed E-state index contributed by atoms with van der Waals surface area (Å²) in [5.74, 6) is -0.742. The minimum Gasteiger partial charge on any atom is -0.480 e. The van der Waals surface area contributed by atoms with Gasteiger partial charge in [-0.1, -0.05) is 13.8 Å². The molecule has 0 spiro atoms. The molecule has 18 heavy (non-hydrogen) atoms. The fourth-order valence-corrected chi connectivity index (χ4v) is 1.38. The fourth-order valence-electron chi connectivity index (χ4n) is 1.38. The van der Waals surface area contributed by atoms with Crippen LogP contribution in [0.2, 0.25) is 0 Å². The van der Waals surface area contributed by atoms with E-state index < -0.39 is 12.0 Å². The summed E-state index contributed by atoms with van der Waals surface area (Å²) in [4.78, 5) is 24.4. The highest BCUT2D eigenvalue weighted by Crippen LogP contribution is 2.08. The molecule has 6 nitrogen and oxygen atoms in total. The monoisotopic (exact) mass is 260 g/mol. The molecule has 2 amide bonds. The van der Waals surface area contributed by atoms with Crippen molar-refractivity contribution in [3.05, 3.63) is 0 Å². The molecule has 0 aliphatic rings. The van der Waals surface area contributed by atoms with Crippen LogP contribution in [-0.4, -0.2) is 54.9 Å². The molecule has 6 heteroatoms. The number of nitrogens with zero attached hydrogens (tertiary/aromatic N) is 1. The second-order valence-corrected chi connectivity index (χ2v) is 4.72. The maximum absolute atomic E-state index is 11.9. The number of carbonyl (C=O) groups excluding carboxylic acids is 1. The first-order valence-corrected chi connectivity index (χ1v) is 6.06. The Balaban J connectivity index is 4.45. The van der Waals surface area contributed by atoms with E-state index in [0.29, 0.717) is 12.5 Å². The molecular weight excluding hydrogens is 236 g/mol. The SMILES string of the molecule is COCCC(NC(=O)N(C)C(C)C(C)C)C(=O)O. The smallest absolute Gasteiger partial charge is 0.326 e. The molecule has 0 aromatic rings. The van der Waals surface area contributed by atoms with Gasteiger partial charge in [0.15, 0.2) is 0 Å². The number of carbonyl (C=O) groups is 2. The van der Waals surface area contributed by atoms with Crippen LogP contribution in [0.3, 0.4) is 0 Å². The summed E-state index contributed by atoms with van der Waals surface area (Å²) in [6, 6.07) is -1.25. The summed E-state index contributed by atoms with van der Waals surface area (Å²) in [6.45, 7) is 6.23. The number of methoxy groups -OCH3 is 1. The summed E-state index contributed by atoms with van der Waals surface area (Å²) < 4.78 is 4.82. The van der Waals surface area contributed by atoms with Gasteiger partial charge in [0, 0.05) is 33.2 Å². The molecule has 106 valence electrons. The lowest BCUT2D eigenvalue weighted by Crippen LogP contribution is -2.50. The van der Waals surface area contributed by atoms with Gasteiger partial charge >= 0.3 is 12.0 Å². The zero-order chi connectivity index (χ0) is 14.3. The summed E-state index contributed by atoms with van der Waals surface area (Å²) in [5, 5.41) is 11.5. The molecule has 0 saturated heterocycles. The first kappa shape index (κ1) is 16.7. The molecule has 0 radical (unpaired) electrons. The van der Waals surface area contributed by atoms with Crippen molar-refractivity contribution in [2.45, 2.75) is 39.3 Å². The van der Waals surface area contributed by atoms with E-state index in [4.69, 9.17) is 9.84 Å². The molecular formula is C12H24N2O4. The standard InChI is InChI=1S/C12H24N2O4/c1-8(2)9(3)14(4)12(17)13-10(11(15)16)6-7-18-5/h8-10H,6-7H2,1-5H3,(H,13,17)(H,15,16). The number of hydrogen-bond donors (Lipinski definition) is 2. The number of urea groups is 1. The summed E-state index contributed by atoms with van der Waals surface area (Å²) in [5.41, 5.74) is 0. The Hall–Kier alpha value is -1.30. The van der Waals surface area contributed by atoms with Crippen LogP contribution in [0.5, 0.6) is 0 Å². The number of nitrogens with one attached hydrogen (secondary N) is 1. The Morgan fingerprint density at radius 1 is 1.33 bits per heavy atom. The van der Waals surface area contributed by atoms with Crippen LogP contribution in [0.15, 0.2) is 0 Å². The molecule has 0 rings (SSSR count). The fraction of sp³-hybridized carbons (Fsp3) is 0.833. The molecule has 0 heterocycles. The van der Waals surface area contributed by atoms with Gasteiger partial charge in [-0.25, -0.2) is 9.59 Å². The number of hydrogen-bond acceptors (Lipinski definition) is 3. The van der Waals surface area contributed by atoms with Crippen molar-refractivity contribution in [1.29, 1.82) is 0 Å². The predicted molar refractivity (Wildman–Crippen MR) is 68.5 cm³/mol. The van der Waals surface area contributed by atoms with Crippen molar-refractivity contribution in [3.63, 3.8) is 0 Å². The van der Waals surface area contributed by atoms with E-state index in [2.05, 4.69) is 5.32 Å². The van der Waals surface area contributed by atoms with Gasteiger partial charge in [0.1, 0.15) is 6.04 Å². The van der Waals surface area contributed by atoms with Gasteiger partial charge in [0.25, 0.3) is 0 Å². The van der Waals surface area contributed by atoms with Crippen molar-refractivity contribution < 1.29 is 19.4 Å². The highest BCUT2D eigenvalue weighted by atomic mass is 16.5. The van der Waals surface area contributed by atoms with Gasteiger partial charge in [-0.3, -0.25) is 0 Å². The van der Waals surface area contributed by atoms with Crippen LogP contribution in [-0.2, 0) is 9.53 Å². The van der Waals surface area contributed by atoms with Crippen molar-refractivity contribution in [2.24, 2.45) is 5.92 Å². The van der Waals surface area contributed by atoms with Crippen LogP contribution in [0, 0.1) is 5.92 Å². The largest absolute Gasteiger partial charge is 0.480 e. The zero-order valence-electron chi connectivity index (χ0n) is 11.8. The molecule has 0 fully saturated rings. The van der Waals surface area contributed by atoms with E-state index in [1.807, 2.05) is 20.8 Å². The molecule has 0 saturated carbocycles. The van der Waals surface area contributed by atoms with Crippen molar-refractivity contribution in [1.82, 2.24) is 10.2 Å². The maximum Gasteiger partial charge on any atom is 0.326 e. The van der Waals surface area contributed by atoms with E-state index >= 15 is 0 Å². The second kappa shape index (κ2) is 7.92. The molecule has 0 aliphatic heterocycles. The van der Waals surface area contributed by atoms with Crippen molar-refractivity contribution >= 4 is 12.0 Å². The topological polar surface area (TPSA) is 78.9 Å². The minimum absolute atomic E-state index is 0.0434. The number of amides is 2. The number of carboxylic acid groups (broad SMARTS) is 1. The third kappa shape index (κ3) is 5.35. The van der Waals surface area contributed by atoms with Crippen LogP contribution >= 0.6 is 0 Å². The highest BCUT2D eigenvalue weighted by Gasteiger charge is 2.24. The molecule has 0 aromatic heterocycles. The van der Waals surface area contributed by atoms with Crippen molar-refractivity contribution in [2.75, 3.05) is 20.8 Å².